The highest BCUT2D eigenvalue weighted by molar-refractivity contribution is 5.81. The molecule has 190 valence electrons. The van der Waals surface area contributed by atoms with E-state index in [0.717, 1.165) is 24.3 Å². The van der Waals surface area contributed by atoms with Gasteiger partial charge in [-0.05, 0) is 37.8 Å². The molecular weight excluding hydrogens is 474 g/mol. The van der Waals surface area contributed by atoms with Crippen LogP contribution < -0.4 is 9.47 Å². The normalized spacial score (nSPS) is 11.5. The minimum absolute atomic E-state index is 0.0479. The fourth-order valence-electron chi connectivity index (χ4n) is 2.60. The molecule has 1 rings (SSSR count). The maximum Gasteiger partial charge on any atom is 0.420 e. The molecule has 0 radical (unpaired) electrons. The van der Waals surface area contributed by atoms with E-state index in [4.69, 9.17) is 18.9 Å². The molecule has 0 saturated heterocycles. The molecule has 0 spiro atoms. The third kappa shape index (κ3) is 9.75. The molecule has 0 saturated carbocycles. The Hall–Kier alpha value is -3.18. The van der Waals surface area contributed by atoms with Crippen molar-refractivity contribution < 1.29 is 54.9 Å². The fourth-order valence-corrected chi connectivity index (χ4v) is 2.60. The first kappa shape index (κ1) is 28.9. The van der Waals surface area contributed by atoms with Crippen LogP contribution in [0.1, 0.15) is 36.8 Å². The van der Waals surface area contributed by atoms with Crippen molar-refractivity contribution in [3.05, 3.63) is 48.6 Å². The monoisotopic (exact) mass is 498 g/mol. The number of ether oxygens (including phenoxy) is 4. The number of esters is 2. The first-order chi connectivity index (χ1) is 15.9. The van der Waals surface area contributed by atoms with E-state index in [1.54, 1.807) is 0 Å². The van der Waals surface area contributed by atoms with Gasteiger partial charge in [0.2, 0.25) is 0 Å². The highest BCUT2D eigenvalue weighted by Crippen LogP contribution is 2.49. The SMILES string of the molecule is C=CC(=O)OCCCCOc1ccc(OCCCCOC(=O)C=C)c(C(F)(F)F)c1C(F)(F)F. The maximum atomic E-state index is 13.6. The molecular formula is C22H24F6O6. The Labute approximate surface area is 192 Å². The van der Waals surface area contributed by atoms with E-state index in [2.05, 4.69) is 13.2 Å². The smallest absolute Gasteiger partial charge is 0.420 e. The van der Waals surface area contributed by atoms with Gasteiger partial charge in [-0.3, -0.25) is 0 Å². The maximum absolute atomic E-state index is 13.6. The summed E-state index contributed by atoms with van der Waals surface area (Å²) in [5, 5.41) is 0. The predicted octanol–water partition coefficient (Wildman–Crippen LogP) is 5.50. The summed E-state index contributed by atoms with van der Waals surface area (Å²) in [6, 6.07) is 1.52. The Morgan fingerprint density at radius 2 is 1.00 bits per heavy atom. The number of rotatable bonds is 14. The number of carbonyl (C=O) groups excluding carboxylic acids is 2. The van der Waals surface area contributed by atoms with E-state index >= 15 is 0 Å². The molecule has 0 heterocycles. The van der Waals surface area contributed by atoms with Crippen LogP contribution in [-0.2, 0) is 31.4 Å². The van der Waals surface area contributed by atoms with E-state index in [9.17, 15) is 35.9 Å². The number of halogens is 6. The van der Waals surface area contributed by atoms with E-state index < -0.39 is 46.9 Å². The van der Waals surface area contributed by atoms with Gasteiger partial charge in [-0.25, -0.2) is 9.59 Å². The van der Waals surface area contributed by atoms with Crippen molar-refractivity contribution in [2.75, 3.05) is 26.4 Å². The predicted molar refractivity (Wildman–Crippen MR) is 108 cm³/mol. The molecule has 0 aliphatic heterocycles. The Balaban J connectivity index is 2.91. The van der Waals surface area contributed by atoms with Crippen LogP contribution >= 0.6 is 0 Å². The van der Waals surface area contributed by atoms with E-state index in [-0.39, 0.29) is 52.1 Å². The third-order valence-corrected chi connectivity index (χ3v) is 4.11. The zero-order valence-corrected chi connectivity index (χ0v) is 18.1. The average Bonchev–Trinajstić information content (AvgIpc) is 2.76. The second kappa shape index (κ2) is 13.5. The molecule has 34 heavy (non-hydrogen) atoms. The molecule has 0 aliphatic carbocycles. The Morgan fingerprint density at radius 3 is 1.29 bits per heavy atom. The van der Waals surface area contributed by atoms with E-state index in [0.29, 0.717) is 0 Å². The molecule has 0 amide bonds. The number of hydrogen-bond donors (Lipinski definition) is 0. The molecule has 0 fully saturated rings. The van der Waals surface area contributed by atoms with Crippen LogP contribution in [0, 0.1) is 0 Å². The van der Waals surface area contributed by atoms with Gasteiger partial charge in [0.15, 0.2) is 0 Å². The second-order valence-corrected chi connectivity index (χ2v) is 6.66. The van der Waals surface area contributed by atoms with Gasteiger partial charge >= 0.3 is 24.3 Å². The molecule has 0 unspecified atom stereocenters. The van der Waals surface area contributed by atoms with Crippen LogP contribution in [0.3, 0.4) is 0 Å². The summed E-state index contributed by atoms with van der Waals surface area (Å²) in [6.45, 7) is 5.62. The van der Waals surface area contributed by atoms with Gasteiger partial charge < -0.3 is 18.9 Å². The number of unbranched alkanes of at least 4 members (excludes halogenated alkanes) is 2. The van der Waals surface area contributed by atoms with Crippen molar-refractivity contribution in [3.8, 4) is 11.5 Å². The van der Waals surface area contributed by atoms with Crippen molar-refractivity contribution in [3.63, 3.8) is 0 Å². The standard InChI is InChI=1S/C22H24F6O6/c1-3-17(29)33-13-7-5-11-31-15-9-10-16(32-12-6-8-14-34-18(30)4-2)20(22(26,27)28)19(15)21(23,24)25/h3-4,9-10H,1-2,5-8,11-14H2. The number of alkyl halides is 6. The van der Waals surface area contributed by atoms with Gasteiger partial charge in [-0.2, -0.15) is 26.3 Å². The lowest BCUT2D eigenvalue weighted by Gasteiger charge is -2.22. The number of carbonyl (C=O) groups is 2. The van der Waals surface area contributed by atoms with E-state index in [1.165, 1.54) is 0 Å². The van der Waals surface area contributed by atoms with Gasteiger partial charge in [0.1, 0.15) is 22.6 Å². The van der Waals surface area contributed by atoms with E-state index in [1.807, 2.05) is 0 Å². The van der Waals surface area contributed by atoms with Gasteiger partial charge in [0, 0.05) is 12.2 Å². The quantitative estimate of drug-likeness (QED) is 0.146. The molecule has 0 aliphatic rings. The van der Waals surface area contributed by atoms with Gasteiger partial charge in [-0.1, -0.05) is 13.2 Å². The molecule has 0 atom stereocenters. The first-order valence-electron chi connectivity index (χ1n) is 10.1. The summed E-state index contributed by atoms with van der Waals surface area (Å²) < 4.78 is 101. The van der Waals surface area contributed by atoms with Crippen LogP contribution in [0.15, 0.2) is 37.4 Å². The lowest BCUT2D eigenvalue weighted by molar-refractivity contribution is -0.164. The first-order valence-corrected chi connectivity index (χ1v) is 10.1. The summed E-state index contributed by atoms with van der Waals surface area (Å²) in [4.78, 5) is 21.8. The van der Waals surface area contributed by atoms with Crippen LogP contribution in [0.2, 0.25) is 0 Å². The second-order valence-electron chi connectivity index (χ2n) is 6.66. The molecule has 0 bridgehead atoms. The van der Waals surface area contributed by atoms with Gasteiger partial charge in [0.05, 0.1) is 26.4 Å². The van der Waals surface area contributed by atoms with Crippen molar-refractivity contribution in [1.82, 2.24) is 0 Å². The summed E-state index contributed by atoms with van der Waals surface area (Å²) in [6.07, 6.45) is -8.20. The lowest BCUT2D eigenvalue weighted by Crippen LogP contribution is -2.20. The third-order valence-electron chi connectivity index (χ3n) is 4.11. The van der Waals surface area contributed by atoms with Crippen molar-refractivity contribution in [1.29, 1.82) is 0 Å². The molecule has 12 heteroatoms. The van der Waals surface area contributed by atoms with Crippen LogP contribution in [-0.4, -0.2) is 38.4 Å². The summed E-state index contributed by atoms with van der Waals surface area (Å²) in [5.41, 5.74) is -3.98. The minimum Gasteiger partial charge on any atom is -0.493 e. The Morgan fingerprint density at radius 1 is 0.676 bits per heavy atom. The summed E-state index contributed by atoms with van der Waals surface area (Å²) in [5.74, 6) is -3.34. The van der Waals surface area contributed by atoms with Gasteiger partial charge in [0.25, 0.3) is 0 Å². The largest absolute Gasteiger partial charge is 0.493 e. The average molecular weight is 498 g/mol. The summed E-state index contributed by atoms with van der Waals surface area (Å²) in [7, 11) is 0. The topological polar surface area (TPSA) is 71.1 Å². The van der Waals surface area contributed by atoms with Crippen molar-refractivity contribution in [2.24, 2.45) is 0 Å². The number of benzene rings is 1. The van der Waals surface area contributed by atoms with Crippen molar-refractivity contribution >= 4 is 11.9 Å². The van der Waals surface area contributed by atoms with Gasteiger partial charge in [-0.15, -0.1) is 0 Å². The molecule has 1 aromatic carbocycles. The molecule has 0 N–H and O–H groups in total. The highest BCUT2D eigenvalue weighted by atomic mass is 19.4. The zero-order valence-electron chi connectivity index (χ0n) is 18.1. The van der Waals surface area contributed by atoms with Crippen LogP contribution in [0.25, 0.3) is 0 Å². The molecule has 6 nitrogen and oxygen atoms in total. The van der Waals surface area contributed by atoms with Crippen LogP contribution in [0.4, 0.5) is 26.3 Å². The lowest BCUT2D eigenvalue weighted by atomic mass is 10.0. The Bertz CT molecular complexity index is 779. The zero-order chi connectivity index (χ0) is 25.8. The van der Waals surface area contributed by atoms with Crippen LogP contribution in [0.5, 0.6) is 11.5 Å². The number of hydrogen-bond acceptors (Lipinski definition) is 6. The Kier molecular flexibility index (Phi) is 11.5. The summed E-state index contributed by atoms with van der Waals surface area (Å²) >= 11 is 0. The minimum atomic E-state index is -5.38. The highest BCUT2D eigenvalue weighted by Gasteiger charge is 2.48. The van der Waals surface area contributed by atoms with Crippen molar-refractivity contribution in [2.45, 2.75) is 38.0 Å². The fraction of sp³-hybridized carbons (Fsp3) is 0.455. The molecule has 0 aromatic heterocycles. The molecule has 1 aromatic rings.